The normalized spacial score (nSPS) is 11.1. The Hall–Kier alpha value is -4.44. The minimum atomic E-state index is 0.838. The summed E-state index contributed by atoms with van der Waals surface area (Å²) in [7, 11) is 0. The van der Waals surface area contributed by atoms with Crippen LogP contribution >= 0.6 is 0 Å². The van der Waals surface area contributed by atoms with Crippen LogP contribution in [0.5, 0.6) is 0 Å². The smallest absolute Gasteiger partial charge is 0.181 e. The summed E-state index contributed by atoms with van der Waals surface area (Å²) in [6, 6.07) is 29.9. The van der Waals surface area contributed by atoms with Crippen molar-refractivity contribution in [3.05, 3.63) is 110 Å². The van der Waals surface area contributed by atoms with Crippen LogP contribution < -0.4 is 0 Å². The van der Waals surface area contributed by atoms with Gasteiger partial charge in [-0.25, -0.2) is 9.97 Å². The summed E-state index contributed by atoms with van der Waals surface area (Å²) >= 11 is 0. The van der Waals surface area contributed by atoms with Crippen molar-refractivity contribution < 1.29 is 8.83 Å². The Morgan fingerprint density at radius 2 is 0.875 bits per heavy atom. The molecule has 4 heteroatoms. The van der Waals surface area contributed by atoms with E-state index in [4.69, 9.17) is 8.83 Å². The first-order valence-corrected chi connectivity index (χ1v) is 10.4. The lowest BCUT2D eigenvalue weighted by molar-refractivity contribution is 0.558. The summed E-state index contributed by atoms with van der Waals surface area (Å²) in [6.07, 6.45) is 6.24. The summed E-state index contributed by atoms with van der Waals surface area (Å²) in [5.74, 6) is 0. The molecular weight excluding hydrogens is 396 g/mol. The van der Waals surface area contributed by atoms with Gasteiger partial charge in [-0.3, -0.25) is 0 Å². The summed E-state index contributed by atoms with van der Waals surface area (Å²) in [4.78, 5) is 8.51. The van der Waals surface area contributed by atoms with Crippen molar-refractivity contribution in [2.45, 2.75) is 0 Å². The van der Waals surface area contributed by atoms with Crippen molar-refractivity contribution in [3.8, 4) is 44.8 Å². The monoisotopic (exact) mass is 414 g/mol. The predicted molar refractivity (Wildman–Crippen MR) is 126 cm³/mol. The highest BCUT2D eigenvalue weighted by Crippen LogP contribution is 2.31. The van der Waals surface area contributed by atoms with E-state index in [9.17, 15) is 0 Å². The van der Waals surface area contributed by atoms with Crippen LogP contribution in [0.2, 0.25) is 0 Å². The molecule has 0 saturated carbocycles. The van der Waals surface area contributed by atoms with Crippen LogP contribution in [0, 0.1) is 0 Å². The van der Waals surface area contributed by atoms with Crippen molar-refractivity contribution in [3.63, 3.8) is 0 Å². The summed E-state index contributed by atoms with van der Waals surface area (Å²) in [5.41, 5.74) is 8.40. The molecule has 0 aliphatic rings. The van der Waals surface area contributed by atoms with Gasteiger partial charge >= 0.3 is 0 Å². The Labute approximate surface area is 184 Å². The molecule has 6 aromatic rings. The highest BCUT2D eigenvalue weighted by atomic mass is 16.3. The minimum Gasteiger partial charge on any atom is -0.451 e. The first-order valence-electron chi connectivity index (χ1n) is 10.4. The molecule has 0 atom stereocenters. The molecule has 0 unspecified atom stereocenters. The van der Waals surface area contributed by atoms with Crippen molar-refractivity contribution in [2.24, 2.45) is 0 Å². The summed E-state index contributed by atoms with van der Waals surface area (Å²) in [6.45, 7) is 0. The molecule has 4 aromatic carbocycles. The fourth-order valence-corrected chi connectivity index (χ4v) is 4.03. The number of benzene rings is 4. The predicted octanol–water partition coefficient (Wildman–Crippen LogP) is 7.48. The van der Waals surface area contributed by atoms with Gasteiger partial charge in [0.1, 0.15) is 23.9 Å². The molecule has 0 radical (unpaired) electrons. The molecule has 0 aliphatic carbocycles. The lowest BCUT2D eigenvalue weighted by atomic mass is 9.96. The molecule has 32 heavy (non-hydrogen) atoms. The van der Waals surface area contributed by atoms with Crippen LogP contribution in [-0.4, -0.2) is 9.97 Å². The fourth-order valence-electron chi connectivity index (χ4n) is 4.03. The van der Waals surface area contributed by atoms with Crippen LogP contribution in [-0.2, 0) is 0 Å². The minimum absolute atomic E-state index is 0.838. The first kappa shape index (κ1) is 18.3. The van der Waals surface area contributed by atoms with Gasteiger partial charge in [-0.1, -0.05) is 60.7 Å². The van der Waals surface area contributed by atoms with Gasteiger partial charge in [-0.05, 0) is 57.3 Å². The van der Waals surface area contributed by atoms with Crippen LogP contribution in [0.1, 0.15) is 0 Å². The maximum atomic E-state index is 5.13. The van der Waals surface area contributed by atoms with Crippen molar-refractivity contribution in [1.29, 1.82) is 0 Å². The van der Waals surface area contributed by atoms with E-state index < -0.39 is 0 Å². The van der Waals surface area contributed by atoms with E-state index in [0.29, 0.717) is 0 Å². The fraction of sp³-hybridized carbons (Fsp3) is 0. The second kappa shape index (κ2) is 7.67. The van der Waals surface area contributed by atoms with Gasteiger partial charge in [0, 0.05) is 11.1 Å². The molecule has 0 N–H and O–H groups in total. The van der Waals surface area contributed by atoms with E-state index in [-0.39, 0.29) is 0 Å². The molecule has 0 aliphatic heterocycles. The third-order valence-electron chi connectivity index (χ3n) is 5.69. The molecule has 2 aromatic heterocycles. The van der Waals surface area contributed by atoms with Gasteiger partial charge in [0.05, 0.1) is 0 Å². The first-order chi connectivity index (χ1) is 15.8. The maximum absolute atomic E-state index is 5.13. The van der Waals surface area contributed by atoms with Crippen molar-refractivity contribution in [1.82, 2.24) is 9.97 Å². The second-order valence-electron chi connectivity index (χ2n) is 7.69. The Morgan fingerprint density at radius 1 is 0.438 bits per heavy atom. The zero-order valence-electron chi connectivity index (χ0n) is 17.1. The molecule has 2 heterocycles. The zero-order valence-corrected chi connectivity index (χ0v) is 17.1. The standard InChI is InChI=1S/C28H18N2O2/c1-3-19(13-25(5-1)27-15-31-17-29-27)21-7-9-24-12-22(8-10-23(24)11-21)20-4-2-6-26(14-20)28-16-32-18-30-28/h1-18H. The van der Waals surface area contributed by atoms with Gasteiger partial charge in [0.25, 0.3) is 0 Å². The number of nitrogens with zero attached hydrogens (tertiary/aromatic N) is 2. The number of hydrogen-bond donors (Lipinski definition) is 0. The summed E-state index contributed by atoms with van der Waals surface area (Å²) < 4.78 is 10.3. The SMILES string of the molecule is c1cc(-c2ccc3cc(-c4cccc(-c5cocn5)c4)ccc3c2)cc(-c2cocn2)c1. The highest BCUT2D eigenvalue weighted by Gasteiger charge is 2.07. The highest BCUT2D eigenvalue weighted by molar-refractivity contribution is 5.91. The molecule has 0 saturated heterocycles. The van der Waals surface area contributed by atoms with Gasteiger partial charge in [-0.2, -0.15) is 0 Å². The average molecular weight is 414 g/mol. The van der Waals surface area contributed by atoms with Gasteiger partial charge < -0.3 is 8.83 Å². The van der Waals surface area contributed by atoms with E-state index >= 15 is 0 Å². The molecule has 0 bridgehead atoms. The number of fused-ring (bicyclic) bond motifs is 1. The van der Waals surface area contributed by atoms with Crippen LogP contribution in [0.3, 0.4) is 0 Å². The third-order valence-corrected chi connectivity index (χ3v) is 5.69. The number of hydrogen-bond acceptors (Lipinski definition) is 4. The molecule has 0 spiro atoms. The third kappa shape index (κ3) is 3.38. The molecular formula is C28H18N2O2. The lowest BCUT2D eigenvalue weighted by Gasteiger charge is -2.09. The summed E-state index contributed by atoms with van der Waals surface area (Å²) in [5, 5.41) is 2.40. The lowest BCUT2D eigenvalue weighted by Crippen LogP contribution is -1.84. The van der Waals surface area contributed by atoms with Crippen LogP contribution in [0.4, 0.5) is 0 Å². The topological polar surface area (TPSA) is 52.1 Å². The van der Waals surface area contributed by atoms with E-state index in [1.54, 1.807) is 12.5 Å². The number of aromatic nitrogens is 2. The van der Waals surface area contributed by atoms with E-state index in [0.717, 1.165) is 33.6 Å². The zero-order chi connectivity index (χ0) is 21.3. The van der Waals surface area contributed by atoms with Gasteiger partial charge in [-0.15, -0.1) is 0 Å². The Balaban J connectivity index is 1.36. The quantitative estimate of drug-likeness (QED) is 0.300. The number of rotatable bonds is 4. The van der Waals surface area contributed by atoms with E-state index in [1.807, 2.05) is 12.1 Å². The van der Waals surface area contributed by atoms with Gasteiger partial charge in [0.2, 0.25) is 0 Å². The largest absolute Gasteiger partial charge is 0.451 e. The van der Waals surface area contributed by atoms with Crippen molar-refractivity contribution in [2.75, 3.05) is 0 Å². The Kier molecular flexibility index (Phi) is 4.40. The average Bonchev–Trinajstić information content (AvgIpc) is 3.59. The van der Waals surface area contributed by atoms with E-state index in [1.165, 1.54) is 34.7 Å². The van der Waals surface area contributed by atoms with Crippen LogP contribution in [0.15, 0.2) is 119 Å². The molecule has 4 nitrogen and oxygen atoms in total. The molecule has 152 valence electrons. The Morgan fingerprint density at radius 3 is 1.31 bits per heavy atom. The maximum Gasteiger partial charge on any atom is 0.181 e. The molecule has 0 amide bonds. The van der Waals surface area contributed by atoms with Crippen LogP contribution in [0.25, 0.3) is 55.5 Å². The Bertz CT molecular complexity index is 1400. The second-order valence-corrected chi connectivity index (χ2v) is 7.69. The molecule has 6 rings (SSSR count). The van der Waals surface area contributed by atoms with Gasteiger partial charge in [0.15, 0.2) is 12.8 Å². The van der Waals surface area contributed by atoms with E-state index in [2.05, 4.69) is 82.8 Å². The number of oxazole rings is 2. The molecule has 0 fully saturated rings. The van der Waals surface area contributed by atoms with Crippen molar-refractivity contribution >= 4 is 10.8 Å².